The summed E-state index contributed by atoms with van der Waals surface area (Å²) in [5.41, 5.74) is 4.28. The van der Waals surface area contributed by atoms with E-state index in [-0.39, 0.29) is 11.5 Å². The molecule has 0 aliphatic heterocycles. The van der Waals surface area contributed by atoms with E-state index in [2.05, 4.69) is 15.4 Å². The largest absolute Gasteiger partial charge is 0.352 e. The lowest BCUT2D eigenvalue weighted by atomic mass is 10.1. The first-order valence-corrected chi connectivity index (χ1v) is 9.69. The van der Waals surface area contributed by atoms with E-state index >= 15 is 0 Å². The van der Waals surface area contributed by atoms with E-state index < -0.39 is 0 Å². The van der Waals surface area contributed by atoms with Crippen LogP contribution in [0.3, 0.4) is 0 Å². The van der Waals surface area contributed by atoms with Crippen LogP contribution >= 0.6 is 0 Å². The molecule has 0 fully saturated rings. The van der Waals surface area contributed by atoms with E-state index in [1.165, 1.54) is 0 Å². The first-order valence-electron chi connectivity index (χ1n) is 9.69. The fourth-order valence-corrected chi connectivity index (χ4v) is 3.86. The van der Waals surface area contributed by atoms with Gasteiger partial charge in [0.2, 0.25) is 0 Å². The van der Waals surface area contributed by atoms with Crippen LogP contribution in [0.5, 0.6) is 0 Å². The second-order valence-corrected chi connectivity index (χ2v) is 7.28. The monoisotopic (exact) mass is 400 g/mol. The quantitative estimate of drug-likeness (QED) is 0.500. The molecule has 0 unspecified atom stereocenters. The number of aromatic nitrogens is 5. The Bertz CT molecular complexity index is 1490. The molecule has 5 rings (SSSR count). The standard InChI is InChI=1S/C22H20N6O2/c1-26-16-6-4-3-5-15(16)25-20(26)10-11-23-21(29)14-7-8-17-19(13-14)27(2)22(30)18-9-12-24-28(17)18/h3-9,12-13H,10-11H2,1-2H3,(H,23,29). The predicted molar refractivity (Wildman–Crippen MR) is 115 cm³/mol. The summed E-state index contributed by atoms with van der Waals surface area (Å²) < 4.78 is 5.19. The Morgan fingerprint density at radius 3 is 2.63 bits per heavy atom. The molecule has 0 spiro atoms. The molecule has 1 N–H and O–H groups in total. The van der Waals surface area contributed by atoms with Crippen LogP contribution in [0.1, 0.15) is 16.2 Å². The van der Waals surface area contributed by atoms with Crippen LogP contribution in [0.15, 0.2) is 59.5 Å². The van der Waals surface area contributed by atoms with Crippen LogP contribution in [0.2, 0.25) is 0 Å². The molecule has 150 valence electrons. The average molecular weight is 400 g/mol. The van der Waals surface area contributed by atoms with Crippen molar-refractivity contribution in [2.24, 2.45) is 14.1 Å². The van der Waals surface area contributed by atoms with Gasteiger partial charge >= 0.3 is 0 Å². The number of imidazole rings is 1. The zero-order valence-electron chi connectivity index (χ0n) is 16.7. The summed E-state index contributed by atoms with van der Waals surface area (Å²) >= 11 is 0. The predicted octanol–water partition coefficient (Wildman–Crippen LogP) is 2.05. The van der Waals surface area contributed by atoms with Crippen LogP contribution in [-0.4, -0.2) is 36.2 Å². The van der Waals surface area contributed by atoms with Gasteiger partial charge in [0.15, 0.2) is 0 Å². The topological polar surface area (TPSA) is 86.2 Å². The van der Waals surface area contributed by atoms with Crippen molar-refractivity contribution in [3.05, 3.63) is 76.5 Å². The van der Waals surface area contributed by atoms with Gasteiger partial charge in [0.25, 0.3) is 11.5 Å². The number of carbonyl (C=O) groups is 1. The highest BCUT2D eigenvalue weighted by Gasteiger charge is 2.13. The summed E-state index contributed by atoms with van der Waals surface area (Å²) in [4.78, 5) is 29.8. The average Bonchev–Trinajstić information content (AvgIpc) is 3.37. The fraction of sp³-hybridized carbons (Fsp3) is 0.182. The van der Waals surface area contributed by atoms with Crippen molar-refractivity contribution in [3.8, 4) is 0 Å². The maximum atomic E-state index is 12.7. The number of carbonyl (C=O) groups excluding carboxylic acids is 1. The molecule has 5 aromatic rings. The van der Waals surface area contributed by atoms with Crippen molar-refractivity contribution in [2.75, 3.05) is 6.54 Å². The molecule has 0 radical (unpaired) electrons. The van der Waals surface area contributed by atoms with Crippen molar-refractivity contribution in [1.29, 1.82) is 0 Å². The molecule has 8 nitrogen and oxygen atoms in total. The van der Waals surface area contributed by atoms with E-state index in [1.54, 1.807) is 40.5 Å². The summed E-state index contributed by atoms with van der Waals surface area (Å²) in [6, 6.07) is 14.9. The smallest absolute Gasteiger partial charge is 0.276 e. The molecule has 30 heavy (non-hydrogen) atoms. The minimum atomic E-state index is -0.191. The number of benzene rings is 2. The van der Waals surface area contributed by atoms with Crippen LogP contribution in [-0.2, 0) is 20.5 Å². The third kappa shape index (κ3) is 2.76. The molecule has 0 aliphatic rings. The first-order chi connectivity index (χ1) is 14.5. The minimum absolute atomic E-state index is 0.153. The SMILES string of the molecule is Cn1c(CCNC(=O)c2ccc3c(c2)n(C)c(=O)c2ccnn23)nc2ccccc21. The van der Waals surface area contributed by atoms with E-state index in [0.29, 0.717) is 29.6 Å². The number of nitrogens with one attached hydrogen (secondary N) is 1. The lowest BCUT2D eigenvalue weighted by Gasteiger charge is -2.10. The van der Waals surface area contributed by atoms with E-state index in [0.717, 1.165) is 22.4 Å². The third-order valence-corrected chi connectivity index (χ3v) is 5.51. The summed E-state index contributed by atoms with van der Waals surface area (Å²) in [6.45, 7) is 0.463. The van der Waals surface area contributed by atoms with Gasteiger partial charge in [-0.1, -0.05) is 12.1 Å². The van der Waals surface area contributed by atoms with Gasteiger partial charge in [0.1, 0.15) is 11.3 Å². The number of aryl methyl sites for hydroxylation is 2. The van der Waals surface area contributed by atoms with Gasteiger partial charge in [0, 0.05) is 32.6 Å². The van der Waals surface area contributed by atoms with Gasteiger partial charge < -0.3 is 14.5 Å². The van der Waals surface area contributed by atoms with Crippen molar-refractivity contribution >= 4 is 33.5 Å². The van der Waals surface area contributed by atoms with E-state index in [9.17, 15) is 9.59 Å². The molecule has 0 saturated heterocycles. The number of rotatable bonds is 4. The summed E-state index contributed by atoms with van der Waals surface area (Å²) in [5.74, 6) is 0.724. The third-order valence-electron chi connectivity index (χ3n) is 5.51. The summed E-state index contributed by atoms with van der Waals surface area (Å²) in [6.07, 6.45) is 2.22. The molecule has 0 aliphatic carbocycles. The summed E-state index contributed by atoms with van der Waals surface area (Å²) in [5, 5.41) is 7.17. The van der Waals surface area contributed by atoms with Crippen LogP contribution in [0, 0.1) is 0 Å². The Morgan fingerprint density at radius 2 is 1.80 bits per heavy atom. The number of para-hydroxylation sites is 2. The Labute approximate surface area is 171 Å². The highest BCUT2D eigenvalue weighted by Crippen LogP contribution is 2.16. The number of hydrogen-bond acceptors (Lipinski definition) is 4. The lowest BCUT2D eigenvalue weighted by molar-refractivity contribution is 0.0954. The van der Waals surface area contributed by atoms with Crippen LogP contribution < -0.4 is 10.9 Å². The second-order valence-electron chi connectivity index (χ2n) is 7.28. The van der Waals surface area contributed by atoms with Gasteiger partial charge in [-0.05, 0) is 36.4 Å². The molecule has 0 bridgehead atoms. The van der Waals surface area contributed by atoms with Gasteiger partial charge in [-0.15, -0.1) is 0 Å². The Balaban J connectivity index is 1.38. The van der Waals surface area contributed by atoms with Gasteiger partial charge in [-0.3, -0.25) is 9.59 Å². The van der Waals surface area contributed by atoms with Gasteiger partial charge in [0.05, 0.1) is 28.3 Å². The van der Waals surface area contributed by atoms with Crippen LogP contribution in [0.4, 0.5) is 0 Å². The van der Waals surface area contributed by atoms with E-state index in [1.807, 2.05) is 41.9 Å². The Kier molecular flexibility index (Phi) is 4.13. The molecule has 3 heterocycles. The lowest BCUT2D eigenvalue weighted by Crippen LogP contribution is -2.27. The molecular formula is C22H20N6O2. The van der Waals surface area contributed by atoms with Crippen LogP contribution in [0.25, 0.3) is 27.6 Å². The molecule has 2 aromatic carbocycles. The highest BCUT2D eigenvalue weighted by atomic mass is 16.1. The van der Waals surface area contributed by atoms with Gasteiger partial charge in [-0.25, -0.2) is 9.50 Å². The van der Waals surface area contributed by atoms with E-state index in [4.69, 9.17) is 0 Å². The fourth-order valence-electron chi connectivity index (χ4n) is 3.86. The molecule has 0 atom stereocenters. The van der Waals surface area contributed by atoms with Crippen molar-refractivity contribution in [1.82, 2.24) is 29.0 Å². The Hall–Kier alpha value is -3.94. The summed E-state index contributed by atoms with van der Waals surface area (Å²) in [7, 11) is 3.68. The number of nitrogens with zero attached hydrogens (tertiary/aromatic N) is 5. The van der Waals surface area contributed by atoms with Crippen molar-refractivity contribution in [2.45, 2.75) is 6.42 Å². The minimum Gasteiger partial charge on any atom is -0.352 e. The van der Waals surface area contributed by atoms with Crippen molar-refractivity contribution in [3.63, 3.8) is 0 Å². The van der Waals surface area contributed by atoms with Gasteiger partial charge in [-0.2, -0.15) is 5.10 Å². The highest BCUT2D eigenvalue weighted by molar-refractivity contribution is 5.97. The first kappa shape index (κ1) is 18.1. The Morgan fingerprint density at radius 1 is 0.967 bits per heavy atom. The number of amides is 1. The zero-order valence-corrected chi connectivity index (χ0v) is 16.7. The molecule has 3 aromatic heterocycles. The second kappa shape index (κ2) is 6.84. The molecular weight excluding hydrogens is 380 g/mol. The molecule has 0 saturated carbocycles. The zero-order chi connectivity index (χ0) is 20.8. The normalized spacial score (nSPS) is 11.5. The van der Waals surface area contributed by atoms with Crippen molar-refractivity contribution < 1.29 is 4.79 Å². The molecule has 8 heteroatoms. The number of hydrogen-bond donors (Lipinski definition) is 1. The maximum Gasteiger partial charge on any atom is 0.276 e. The number of fused-ring (bicyclic) bond motifs is 4. The molecule has 1 amide bonds. The maximum absolute atomic E-state index is 12.7.